The fraction of sp³-hybridized carbons (Fsp3) is 0.300. The third-order valence-electron chi connectivity index (χ3n) is 1.88. The highest BCUT2D eigenvalue weighted by Gasteiger charge is 2.30. The molecule has 1 rings (SSSR count). The zero-order valence-electron chi connectivity index (χ0n) is 8.71. The number of nitrogens with one attached hydrogen (secondary N) is 1. The van der Waals surface area contributed by atoms with E-state index in [-0.39, 0.29) is 6.61 Å². The molecule has 0 aliphatic heterocycles. The summed E-state index contributed by atoms with van der Waals surface area (Å²) in [5, 5.41) is 0. The Kier molecular flexibility index (Phi) is 4.78. The number of amides is 1. The van der Waals surface area contributed by atoms with Gasteiger partial charge in [-0.25, -0.2) is 0 Å². The summed E-state index contributed by atoms with van der Waals surface area (Å²) in [6, 6.07) is 4.98. The lowest BCUT2D eigenvalue weighted by molar-refractivity contribution is -0.148. The maximum Gasteiger partial charge on any atom is 0.324 e. The van der Waals surface area contributed by atoms with Crippen LogP contribution in [0.3, 0.4) is 0 Å². The molecule has 1 unspecified atom stereocenters. The Morgan fingerprint density at radius 3 is 2.81 bits per heavy atom. The van der Waals surface area contributed by atoms with Crippen molar-refractivity contribution < 1.29 is 14.3 Å². The monoisotopic (exact) mass is 240 g/mol. The Morgan fingerprint density at radius 2 is 2.31 bits per heavy atom. The van der Waals surface area contributed by atoms with Crippen LogP contribution in [0.4, 0.5) is 0 Å². The van der Waals surface area contributed by atoms with Gasteiger partial charge in [-0.2, -0.15) is 0 Å². The fourth-order valence-corrected chi connectivity index (χ4v) is 1.33. The SMILES string of the molecule is CCOC(=O)C(C(=O)NS)c1ccccn1. The maximum absolute atomic E-state index is 11.6. The van der Waals surface area contributed by atoms with Crippen molar-refractivity contribution in [1.29, 1.82) is 0 Å². The van der Waals surface area contributed by atoms with Gasteiger partial charge in [0.25, 0.3) is 0 Å². The first-order valence-corrected chi connectivity index (χ1v) is 5.17. The van der Waals surface area contributed by atoms with Gasteiger partial charge in [-0.3, -0.25) is 14.6 Å². The van der Waals surface area contributed by atoms with E-state index in [0.29, 0.717) is 5.69 Å². The van der Waals surface area contributed by atoms with Crippen molar-refractivity contribution in [3.8, 4) is 0 Å². The number of ether oxygens (including phenoxy) is 1. The lowest BCUT2D eigenvalue weighted by Crippen LogP contribution is -2.30. The molecule has 86 valence electrons. The van der Waals surface area contributed by atoms with Gasteiger partial charge in [0.2, 0.25) is 5.91 Å². The van der Waals surface area contributed by atoms with Crippen LogP contribution in [0.2, 0.25) is 0 Å². The third kappa shape index (κ3) is 2.96. The van der Waals surface area contributed by atoms with E-state index in [9.17, 15) is 9.59 Å². The summed E-state index contributed by atoms with van der Waals surface area (Å²) in [6.45, 7) is 1.88. The van der Waals surface area contributed by atoms with Crippen LogP contribution in [0.5, 0.6) is 0 Å². The zero-order chi connectivity index (χ0) is 12.0. The molecule has 0 aliphatic carbocycles. The summed E-state index contributed by atoms with van der Waals surface area (Å²) in [5.41, 5.74) is 0.340. The van der Waals surface area contributed by atoms with Gasteiger partial charge >= 0.3 is 5.97 Å². The molecule has 0 radical (unpaired) electrons. The summed E-state index contributed by atoms with van der Waals surface area (Å²) in [7, 11) is 0. The summed E-state index contributed by atoms with van der Waals surface area (Å²) < 4.78 is 6.93. The highest BCUT2D eigenvalue weighted by atomic mass is 32.1. The molecule has 0 aliphatic rings. The van der Waals surface area contributed by atoms with Gasteiger partial charge in [-0.15, -0.1) is 0 Å². The van der Waals surface area contributed by atoms with E-state index in [1.165, 1.54) is 6.20 Å². The summed E-state index contributed by atoms with van der Waals surface area (Å²) in [4.78, 5) is 27.0. The normalized spacial score (nSPS) is 11.6. The predicted molar refractivity (Wildman–Crippen MR) is 60.7 cm³/mol. The molecular weight excluding hydrogens is 228 g/mol. The van der Waals surface area contributed by atoms with Gasteiger partial charge in [-0.1, -0.05) is 18.9 Å². The molecule has 5 nitrogen and oxygen atoms in total. The Bertz CT molecular complexity index is 370. The molecule has 6 heteroatoms. The minimum Gasteiger partial charge on any atom is -0.465 e. The topological polar surface area (TPSA) is 68.3 Å². The second-order valence-corrected chi connectivity index (χ2v) is 3.14. The van der Waals surface area contributed by atoms with Gasteiger partial charge in [0.1, 0.15) is 0 Å². The predicted octanol–water partition coefficient (Wildman–Crippen LogP) is 0.689. The van der Waals surface area contributed by atoms with E-state index >= 15 is 0 Å². The number of hydrogen-bond acceptors (Lipinski definition) is 5. The van der Waals surface area contributed by atoms with Gasteiger partial charge in [0.15, 0.2) is 5.92 Å². The Labute approximate surface area is 98.8 Å². The fourth-order valence-electron chi connectivity index (χ4n) is 1.20. The quantitative estimate of drug-likeness (QED) is 0.461. The molecule has 1 heterocycles. The van der Waals surface area contributed by atoms with Crippen molar-refractivity contribution >= 4 is 24.7 Å². The molecule has 1 N–H and O–H groups in total. The average molecular weight is 240 g/mol. The first kappa shape index (κ1) is 12.5. The molecule has 1 aromatic rings. The molecule has 0 fully saturated rings. The van der Waals surface area contributed by atoms with Crippen LogP contribution in [-0.4, -0.2) is 23.5 Å². The summed E-state index contributed by atoms with van der Waals surface area (Å²) in [5.74, 6) is -2.26. The second kappa shape index (κ2) is 6.12. The standard InChI is InChI=1S/C10H12N2O3S/c1-2-15-10(14)8(9(13)12-16)7-5-3-4-6-11-7/h3-6,8,16H,2H2,1H3,(H,12,13). The smallest absolute Gasteiger partial charge is 0.324 e. The van der Waals surface area contributed by atoms with Gasteiger partial charge in [0, 0.05) is 6.20 Å². The molecule has 0 spiro atoms. The number of thiol groups is 1. The first-order chi connectivity index (χ1) is 7.70. The van der Waals surface area contributed by atoms with Gasteiger partial charge in [-0.05, 0) is 19.1 Å². The van der Waals surface area contributed by atoms with Crippen LogP contribution in [0.25, 0.3) is 0 Å². The number of aromatic nitrogens is 1. The molecule has 0 saturated carbocycles. The van der Waals surface area contributed by atoms with Gasteiger partial charge < -0.3 is 9.46 Å². The van der Waals surface area contributed by atoms with Crippen LogP contribution in [-0.2, 0) is 14.3 Å². The zero-order valence-corrected chi connectivity index (χ0v) is 9.61. The number of esters is 1. The Hall–Kier alpha value is -1.56. The Morgan fingerprint density at radius 1 is 1.56 bits per heavy atom. The summed E-state index contributed by atoms with van der Waals surface area (Å²) >= 11 is 3.63. The van der Waals surface area contributed by atoms with Crippen LogP contribution in [0.15, 0.2) is 24.4 Å². The van der Waals surface area contributed by atoms with E-state index in [0.717, 1.165) is 0 Å². The van der Waals surface area contributed by atoms with Crippen LogP contribution in [0, 0.1) is 0 Å². The third-order valence-corrected chi connectivity index (χ3v) is 2.10. The highest BCUT2D eigenvalue weighted by molar-refractivity contribution is 7.78. The van der Waals surface area contributed by atoms with E-state index < -0.39 is 17.8 Å². The minimum atomic E-state index is -1.07. The largest absolute Gasteiger partial charge is 0.465 e. The van der Waals surface area contributed by atoms with Crippen LogP contribution >= 0.6 is 12.8 Å². The highest BCUT2D eigenvalue weighted by Crippen LogP contribution is 2.15. The van der Waals surface area contributed by atoms with Crippen LogP contribution < -0.4 is 4.72 Å². The number of carbonyl (C=O) groups is 2. The molecule has 1 aromatic heterocycles. The maximum atomic E-state index is 11.6. The Balaban J connectivity index is 2.97. The van der Waals surface area contributed by atoms with E-state index in [2.05, 4.69) is 22.5 Å². The number of hydrogen-bond donors (Lipinski definition) is 2. The molecule has 16 heavy (non-hydrogen) atoms. The van der Waals surface area contributed by atoms with Crippen molar-refractivity contribution in [2.45, 2.75) is 12.8 Å². The van der Waals surface area contributed by atoms with Crippen molar-refractivity contribution in [1.82, 2.24) is 9.71 Å². The summed E-state index contributed by atoms with van der Waals surface area (Å²) in [6.07, 6.45) is 1.51. The number of nitrogens with zero attached hydrogens (tertiary/aromatic N) is 1. The average Bonchev–Trinajstić information content (AvgIpc) is 2.31. The van der Waals surface area contributed by atoms with E-state index in [1.54, 1.807) is 25.1 Å². The molecule has 1 amide bonds. The number of rotatable bonds is 4. The number of pyridine rings is 1. The van der Waals surface area contributed by atoms with Crippen LogP contribution in [0.1, 0.15) is 18.5 Å². The molecule has 0 bridgehead atoms. The van der Waals surface area contributed by atoms with E-state index in [4.69, 9.17) is 4.74 Å². The number of carbonyl (C=O) groups excluding carboxylic acids is 2. The molecule has 0 aromatic carbocycles. The lowest BCUT2D eigenvalue weighted by Gasteiger charge is -2.12. The van der Waals surface area contributed by atoms with Crippen molar-refractivity contribution in [2.24, 2.45) is 0 Å². The van der Waals surface area contributed by atoms with Crippen molar-refractivity contribution in [3.05, 3.63) is 30.1 Å². The lowest BCUT2D eigenvalue weighted by atomic mass is 10.0. The van der Waals surface area contributed by atoms with Crippen molar-refractivity contribution in [2.75, 3.05) is 6.61 Å². The molecule has 1 atom stereocenters. The van der Waals surface area contributed by atoms with E-state index in [1.807, 2.05) is 0 Å². The minimum absolute atomic E-state index is 0.210. The van der Waals surface area contributed by atoms with Gasteiger partial charge in [0.05, 0.1) is 12.3 Å². The second-order valence-electron chi connectivity index (χ2n) is 2.92. The van der Waals surface area contributed by atoms with Crippen molar-refractivity contribution in [3.63, 3.8) is 0 Å². The molecule has 0 saturated heterocycles. The molecular formula is C10H12N2O3S. The first-order valence-electron chi connectivity index (χ1n) is 4.72.